The molecule has 0 aromatic rings. The Morgan fingerprint density at radius 1 is 1.03 bits per heavy atom. The minimum Gasteiger partial charge on any atom is -0.458 e. The van der Waals surface area contributed by atoms with Gasteiger partial charge in [-0.15, -0.1) is 0 Å². The Balaban J connectivity index is 1.46. The Labute approximate surface area is 212 Å². The van der Waals surface area contributed by atoms with Crippen LogP contribution >= 0.6 is 0 Å². The molecular weight excluding hydrogens is 480 g/mol. The molecule has 4 saturated heterocycles. The molecule has 1 spiro atoms. The molecule has 0 amide bonds. The zero-order valence-electron chi connectivity index (χ0n) is 20.8. The van der Waals surface area contributed by atoms with Crippen LogP contribution in [0.5, 0.6) is 0 Å². The van der Waals surface area contributed by atoms with Gasteiger partial charge < -0.3 is 24.1 Å². The Hall–Kier alpha value is -2.78. The van der Waals surface area contributed by atoms with Crippen molar-refractivity contribution < 1.29 is 43.2 Å². The van der Waals surface area contributed by atoms with Crippen LogP contribution in [0.4, 0.5) is 0 Å². The molecule has 9 nitrogen and oxygen atoms in total. The van der Waals surface area contributed by atoms with E-state index in [1.54, 1.807) is 13.0 Å². The van der Waals surface area contributed by atoms with E-state index >= 15 is 0 Å². The molecule has 2 saturated carbocycles. The van der Waals surface area contributed by atoms with Gasteiger partial charge >= 0.3 is 17.9 Å². The van der Waals surface area contributed by atoms with Crippen LogP contribution in [-0.4, -0.2) is 63.9 Å². The van der Waals surface area contributed by atoms with Crippen LogP contribution in [-0.2, 0) is 38.1 Å². The van der Waals surface area contributed by atoms with E-state index in [4.69, 9.17) is 18.9 Å². The lowest BCUT2D eigenvalue weighted by Crippen LogP contribution is -2.82. The van der Waals surface area contributed by atoms with Crippen LogP contribution in [0, 0.1) is 34.5 Å². The fourth-order valence-electron chi connectivity index (χ4n) is 9.95. The Kier molecular flexibility index (Phi) is 3.57. The second-order valence-corrected chi connectivity index (χ2v) is 12.8. The van der Waals surface area contributed by atoms with Gasteiger partial charge in [-0.25, -0.2) is 9.59 Å². The predicted octanol–water partition coefficient (Wildman–Crippen LogP) is 1.33. The fourth-order valence-corrected chi connectivity index (χ4v) is 9.95. The Morgan fingerprint density at radius 2 is 1.81 bits per heavy atom. The lowest BCUT2D eigenvalue weighted by Gasteiger charge is -2.67. The molecule has 4 aliphatic heterocycles. The minimum atomic E-state index is -2.20. The number of ketones is 1. The van der Waals surface area contributed by atoms with Gasteiger partial charge in [0.15, 0.2) is 17.0 Å². The molecule has 9 heteroatoms. The summed E-state index contributed by atoms with van der Waals surface area (Å²) in [5.41, 5.74) is -8.27. The molecule has 6 fully saturated rings. The van der Waals surface area contributed by atoms with Crippen molar-refractivity contribution in [1.82, 2.24) is 0 Å². The summed E-state index contributed by atoms with van der Waals surface area (Å²) in [5, 5.41) is 12.4. The molecule has 11 atom stereocenters. The van der Waals surface area contributed by atoms with Crippen molar-refractivity contribution in [3.63, 3.8) is 0 Å². The molecule has 194 valence electrons. The maximum atomic E-state index is 14.3. The number of hydrogen-bond donors (Lipinski definition) is 1. The maximum absolute atomic E-state index is 14.3. The summed E-state index contributed by atoms with van der Waals surface area (Å²) in [5.74, 6) is -4.79. The average Bonchev–Trinajstić information content (AvgIpc) is 3.22. The van der Waals surface area contributed by atoms with E-state index in [0.29, 0.717) is 6.42 Å². The number of allylic oxidation sites excluding steroid dienone is 5. The number of aliphatic hydroxyl groups is 1. The zero-order valence-corrected chi connectivity index (χ0v) is 20.8. The molecule has 0 aromatic carbocycles. The number of carbonyl (C=O) groups excluding carboxylic acids is 4. The van der Waals surface area contributed by atoms with Crippen LogP contribution in [0.1, 0.15) is 40.0 Å². The van der Waals surface area contributed by atoms with Gasteiger partial charge in [0, 0.05) is 5.92 Å². The average molecular weight is 509 g/mol. The summed E-state index contributed by atoms with van der Waals surface area (Å²) in [7, 11) is 0. The van der Waals surface area contributed by atoms with Crippen molar-refractivity contribution in [2.75, 3.05) is 6.61 Å². The number of ether oxygens (including phenoxy) is 4. The normalized spacial score (nSPS) is 57.8. The molecule has 4 aliphatic carbocycles. The SMILES string of the molecule is C[C@]12C(=O)C=CC=C1C=C[C@@H]1[C@@H]2CC[C@]2(O)C(=O)O[C@@]3(C)[C@H]4C[C@@]5(C)[C@@H]6[C@]1(OC[C@H]5C(=O)O4)C(=O)O[C@@]632. The van der Waals surface area contributed by atoms with Crippen molar-refractivity contribution in [3.05, 3.63) is 36.0 Å². The highest BCUT2D eigenvalue weighted by molar-refractivity contribution is 6.00. The predicted molar refractivity (Wildman–Crippen MR) is 122 cm³/mol. The first-order valence-corrected chi connectivity index (χ1v) is 13.1. The van der Waals surface area contributed by atoms with Crippen molar-refractivity contribution in [2.45, 2.75) is 68.5 Å². The van der Waals surface area contributed by atoms with E-state index in [1.165, 1.54) is 6.08 Å². The maximum Gasteiger partial charge on any atom is 0.343 e. The third-order valence-corrected chi connectivity index (χ3v) is 11.7. The molecule has 0 aromatic heterocycles. The van der Waals surface area contributed by atoms with Crippen LogP contribution < -0.4 is 0 Å². The molecule has 8 aliphatic rings. The molecule has 1 N–H and O–H groups in total. The number of esters is 3. The molecule has 0 radical (unpaired) electrons. The monoisotopic (exact) mass is 508 g/mol. The van der Waals surface area contributed by atoms with Crippen molar-refractivity contribution in [1.29, 1.82) is 0 Å². The van der Waals surface area contributed by atoms with Crippen LogP contribution in [0.3, 0.4) is 0 Å². The summed E-state index contributed by atoms with van der Waals surface area (Å²) in [4.78, 5) is 54.7. The Bertz CT molecular complexity index is 1340. The molecule has 4 bridgehead atoms. The summed E-state index contributed by atoms with van der Waals surface area (Å²) in [6.45, 7) is 5.33. The number of fused-ring (bicyclic) bond motifs is 5. The smallest absolute Gasteiger partial charge is 0.343 e. The van der Waals surface area contributed by atoms with Gasteiger partial charge in [-0.05, 0) is 56.1 Å². The topological polar surface area (TPSA) is 125 Å². The molecule has 4 heterocycles. The molecular formula is C28H28O9. The number of rotatable bonds is 0. The van der Waals surface area contributed by atoms with Crippen molar-refractivity contribution in [2.24, 2.45) is 34.5 Å². The van der Waals surface area contributed by atoms with Crippen LogP contribution in [0.2, 0.25) is 0 Å². The van der Waals surface area contributed by atoms with E-state index in [1.807, 2.05) is 32.1 Å². The summed E-state index contributed by atoms with van der Waals surface area (Å²) < 4.78 is 24.6. The minimum absolute atomic E-state index is 0.0575. The zero-order chi connectivity index (χ0) is 26.0. The highest BCUT2D eigenvalue weighted by Gasteiger charge is 2.95. The first-order chi connectivity index (χ1) is 17.4. The third kappa shape index (κ3) is 1.88. The van der Waals surface area contributed by atoms with E-state index in [9.17, 15) is 24.3 Å². The van der Waals surface area contributed by atoms with Gasteiger partial charge in [0.2, 0.25) is 11.2 Å². The summed E-state index contributed by atoms with van der Waals surface area (Å²) in [6.07, 6.45) is 8.59. The van der Waals surface area contributed by atoms with Crippen LogP contribution in [0.15, 0.2) is 36.0 Å². The summed E-state index contributed by atoms with van der Waals surface area (Å²) >= 11 is 0. The molecule has 8 rings (SSSR count). The number of hydrogen-bond acceptors (Lipinski definition) is 9. The van der Waals surface area contributed by atoms with Gasteiger partial charge in [-0.1, -0.05) is 31.2 Å². The van der Waals surface area contributed by atoms with Gasteiger partial charge in [0.25, 0.3) is 0 Å². The lowest BCUT2D eigenvalue weighted by atomic mass is 9.39. The van der Waals surface area contributed by atoms with Crippen LogP contribution in [0.25, 0.3) is 0 Å². The van der Waals surface area contributed by atoms with Gasteiger partial charge in [0.1, 0.15) is 6.10 Å². The van der Waals surface area contributed by atoms with E-state index in [-0.39, 0.29) is 25.2 Å². The van der Waals surface area contributed by atoms with Gasteiger partial charge in [0.05, 0.1) is 23.9 Å². The van der Waals surface area contributed by atoms with E-state index < -0.39 is 80.9 Å². The van der Waals surface area contributed by atoms with Crippen molar-refractivity contribution in [3.8, 4) is 0 Å². The second-order valence-electron chi connectivity index (χ2n) is 12.8. The fraction of sp³-hybridized carbons (Fsp3) is 0.643. The summed E-state index contributed by atoms with van der Waals surface area (Å²) in [6, 6.07) is 0. The molecule has 0 unspecified atom stereocenters. The first-order valence-electron chi connectivity index (χ1n) is 13.1. The standard InChI is InChI=1S/C28H28O9/c1-23-11-18-25(3)28-20(23)27(22(32)37-28,34-12-16(23)19(30)35-18)15-8-7-13-5-4-6-17(29)24(13,2)14(15)9-10-26(28,33)21(31)36-25/h4-8,14-16,18,20,33H,9-12H2,1-3H3/t14-,15+,16-,18+,20+,23+,24-,25-,26-,27-,28-/m0/s1. The molecule has 37 heavy (non-hydrogen) atoms. The largest absolute Gasteiger partial charge is 0.458 e. The quantitative estimate of drug-likeness (QED) is 0.381. The van der Waals surface area contributed by atoms with Crippen molar-refractivity contribution >= 4 is 23.7 Å². The Morgan fingerprint density at radius 3 is 2.59 bits per heavy atom. The van der Waals surface area contributed by atoms with Gasteiger partial charge in [-0.3, -0.25) is 9.59 Å². The first kappa shape index (κ1) is 22.2. The highest BCUT2D eigenvalue weighted by Crippen LogP contribution is 2.76. The van der Waals surface area contributed by atoms with E-state index in [0.717, 1.165) is 5.57 Å². The van der Waals surface area contributed by atoms with Gasteiger partial charge in [-0.2, -0.15) is 0 Å². The second kappa shape index (κ2) is 5.94. The highest BCUT2D eigenvalue weighted by atomic mass is 16.7. The third-order valence-electron chi connectivity index (χ3n) is 11.7. The van der Waals surface area contributed by atoms with E-state index in [2.05, 4.69) is 0 Å². The lowest BCUT2D eigenvalue weighted by molar-refractivity contribution is -0.329. The number of carbonyl (C=O) groups is 4.